The summed E-state index contributed by atoms with van der Waals surface area (Å²) in [6.45, 7) is 0.104. The van der Waals surface area contributed by atoms with Crippen molar-refractivity contribution in [2.45, 2.75) is 24.9 Å². The van der Waals surface area contributed by atoms with E-state index in [0.717, 1.165) is 0 Å². The Morgan fingerprint density at radius 2 is 2.00 bits per heavy atom. The number of hydrogen-bond acceptors (Lipinski definition) is 6. The fourth-order valence-electron chi connectivity index (χ4n) is 2.90. The molecular weight excluding hydrogens is 342 g/mol. The molecule has 10 nitrogen and oxygen atoms in total. The van der Waals surface area contributed by atoms with E-state index < -0.39 is 34.4 Å². The largest absolute Gasteiger partial charge is 0.506 e. The van der Waals surface area contributed by atoms with Crippen LogP contribution in [0, 0.1) is 0 Å². The van der Waals surface area contributed by atoms with Gasteiger partial charge in [-0.05, 0) is 25.0 Å². The van der Waals surface area contributed by atoms with Crippen LogP contribution in [-0.4, -0.2) is 58.6 Å². The van der Waals surface area contributed by atoms with Crippen LogP contribution in [0.25, 0.3) is 0 Å². The molecule has 0 saturated carbocycles. The molecule has 2 atom stereocenters. The molecule has 0 aliphatic carbocycles. The standard InChI is InChI=1S/C13H15N3O7S/c17-11-4-2-1-3-9(11)14-12(18)10-6-5-8-7-15(10)13(19)16(8)23-24(20,21)22/h1-4,8,10,17H,5-7H2,(H,14,18)(H,20,21,22)/t8-,10+/m1/s1. The summed E-state index contributed by atoms with van der Waals surface area (Å²) < 4.78 is 34.7. The number of urea groups is 1. The maximum Gasteiger partial charge on any atom is 0.418 e. The number of carbonyl (C=O) groups excluding carboxylic acids is 2. The molecule has 0 radical (unpaired) electrons. The van der Waals surface area contributed by atoms with E-state index in [4.69, 9.17) is 4.55 Å². The summed E-state index contributed by atoms with van der Waals surface area (Å²) in [5.41, 5.74) is 0.210. The fraction of sp³-hybridized carbons (Fsp3) is 0.385. The van der Waals surface area contributed by atoms with Crippen molar-refractivity contribution in [2.75, 3.05) is 11.9 Å². The predicted molar refractivity (Wildman–Crippen MR) is 80.1 cm³/mol. The number of hydrogen-bond donors (Lipinski definition) is 3. The number of nitrogens with zero attached hydrogens (tertiary/aromatic N) is 2. The average molecular weight is 357 g/mol. The summed E-state index contributed by atoms with van der Waals surface area (Å²) in [4.78, 5) is 25.8. The van der Waals surface area contributed by atoms with E-state index in [0.29, 0.717) is 17.9 Å². The van der Waals surface area contributed by atoms with Crippen LogP contribution < -0.4 is 5.32 Å². The lowest BCUT2D eigenvalue weighted by Gasteiger charge is -2.29. The van der Waals surface area contributed by atoms with Crippen LogP contribution >= 0.6 is 0 Å². The molecule has 3 rings (SSSR count). The molecule has 0 unspecified atom stereocenters. The minimum atomic E-state index is -4.83. The maximum absolute atomic E-state index is 12.4. The van der Waals surface area contributed by atoms with Gasteiger partial charge < -0.3 is 15.3 Å². The molecule has 1 aromatic carbocycles. The molecule has 2 fully saturated rings. The number of rotatable bonds is 4. The van der Waals surface area contributed by atoms with Gasteiger partial charge in [0.1, 0.15) is 11.8 Å². The van der Waals surface area contributed by atoms with Gasteiger partial charge in [-0.2, -0.15) is 13.5 Å². The van der Waals surface area contributed by atoms with E-state index in [1.165, 1.54) is 17.0 Å². The normalized spacial score (nSPS) is 23.5. The molecule has 24 heavy (non-hydrogen) atoms. The maximum atomic E-state index is 12.4. The van der Waals surface area contributed by atoms with Crippen molar-refractivity contribution in [1.29, 1.82) is 0 Å². The first-order chi connectivity index (χ1) is 11.3. The molecular formula is C13H15N3O7S. The first-order valence-electron chi connectivity index (χ1n) is 7.12. The summed E-state index contributed by atoms with van der Waals surface area (Å²) >= 11 is 0. The number of para-hydroxylation sites is 2. The Bertz CT molecular complexity index is 782. The summed E-state index contributed by atoms with van der Waals surface area (Å²) in [5, 5.41) is 12.8. The second-order valence-electron chi connectivity index (χ2n) is 5.52. The number of fused-ring (bicyclic) bond motifs is 2. The van der Waals surface area contributed by atoms with Gasteiger partial charge in [0.15, 0.2) is 0 Å². The second kappa shape index (κ2) is 5.92. The molecule has 2 bridgehead atoms. The quantitative estimate of drug-likeness (QED) is 0.522. The Kier molecular flexibility index (Phi) is 4.07. The number of piperidine rings is 1. The number of nitrogens with one attached hydrogen (secondary N) is 1. The molecule has 0 spiro atoms. The van der Waals surface area contributed by atoms with Crippen molar-refractivity contribution in [2.24, 2.45) is 0 Å². The van der Waals surface area contributed by atoms with Gasteiger partial charge in [0.25, 0.3) is 0 Å². The minimum Gasteiger partial charge on any atom is -0.506 e. The Balaban J connectivity index is 1.74. The van der Waals surface area contributed by atoms with Crippen molar-refractivity contribution < 1.29 is 31.9 Å². The summed E-state index contributed by atoms with van der Waals surface area (Å²) in [5.74, 6) is -0.611. The molecule has 0 aromatic heterocycles. The highest BCUT2D eigenvalue weighted by Gasteiger charge is 2.49. The lowest BCUT2D eigenvalue weighted by Crippen LogP contribution is -2.47. The number of carbonyl (C=O) groups is 2. The zero-order valence-corrected chi connectivity index (χ0v) is 13.1. The van der Waals surface area contributed by atoms with E-state index in [-0.39, 0.29) is 18.0 Å². The zero-order chi connectivity index (χ0) is 17.5. The van der Waals surface area contributed by atoms with Crippen LogP contribution in [0.5, 0.6) is 5.75 Å². The molecule has 2 heterocycles. The number of hydroxylamine groups is 2. The third kappa shape index (κ3) is 3.13. The molecule has 130 valence electrons. The van der Waals surface area contributed by atoms with Crippen LogP contribution in [0.3, 0.4) is 0 Å². The molecule has 2 aliphatic heterocycles. The molecule has 1 aromatic rings. The zero-order valence-electron chi connectivity index (χ0n) is 12.3. The van der Waals surface area contributed by atoms with Crippen LogP contribution in [-0.2, 0) is 19.5 Å². The van der Waals surface area contributed by atoms with E-state index in [1.54, 1.807) is 12.1 Å². The second-order valence-corrected chi connectivity index (χ2v) is 6.52. The molecule has 11 heteroatoms. The first kappa shape index (κ1) is 16.5. The van der Waals surface area contributed by atoms with Gasteiger partial charge in [-0.15, -0.1) is 4.28 Å². The lowest BCUT2D eigenvalue weighted by molar-refractivity contribution is -0.120. The summed E-state index contributed by atoms with van der Waals surface area (Å²) in [7, 11) is -4.83. The lowest BCUT2D eigenvalue weighted by atomic mass is 10.0. The Hall–Kier alpha value is -2.37. The highest BCUT2D eigenvalue weighted by atomic mass is 32.3. The third-order valence-corrected chi connectivity index (χ3v) is 4.31. The van der Waals surface area contributed by atoms with Crippen molar-refractivity contribution in [3.63, 3.8) is 0 Å². The van der Waals surface area contributed by atoms with Gasteiger partial charge in [-0.1, -0.05) is 12.1 Å². The van der Waals surface area contributed by atoms with Crippen molar-refractivity contribution in [3.8, 4) is 5.75 Å². The van der Waals surface area contributed by atoms with Crippen LogP contribution in [0.1, 0.15) is 12.8 Å². The third-order valence-electron chi connectivity index (χ3n) is 3.96. The first-order valence-corrected chi connectivity index (χ1v) is 8.48. The highest BCUT2D eigenvalue weighted by Crippen LogP contribution is 2.31. The van der Waals surface area contributed by atoms with Gasteiger partial charge >= 0.3 is 16.4 Å². The van der Waals surface area contributed by atoms with Crippen molar-refractivity contribution >= 4 is 28.0 Å². The summed E-state index contributed by atoms with van der Waals surface area (Å²) in [6, 6.07) is 3.96. The minimum absolute atomic E-state index is 0.104. The monoisotopic (exact) mass is 357 g/mol. The number of anilines is 1. The molecule has 2 saturated heterocycles. The fourth-order valence-corrected chi connectivity index (χ4v) is 3.29. The SMILES string of the molecule is O=C(Nc1ccccc1O)[C@@H]1CC[C@@H]2CN1C(=O)N2OS(=O)(=O)O. The number of phenolic OH excluding ortho intramolecular Hbond substituents is 1. The number of benzene rings is 1. The van der Waals surface area contributed by atoms with Crippen molar-refractivity contribution in [3.05, 3.63) is 24.3 Å². The number of aromatic hydroxyl groups is 1. The Morgan fingerprint density at radius 1 is 1.29 bits per heavy atom. The highest BCUT2D eigenvalue weighted by molar-refractivity contribution is 7.80. The van der Waals surface area contributed by atoms with Crippen LogP contribution in [0.2, 0.25) is 0 Å². The Morgan fingerprint density at radius 3 is 2.67 bits per heavy atom. The van der Waals surface area contributed by atoms with Crippen LogP contribution in [0.15, 0.2) is 24.3 Å². The van der Waals surface area contributed by atoms with E-state index in [9.17, 15) is 23.1 Å². The molecule has 2 aliphatic rings. The number of phenols is 1. The van der Waals surface area contributed by atoms with Gasteiger partial charge in [-0.25, -0.2) is 4.79 Å². The molecule has 3 N–H and O–H groups in total. The average Bonchev–Trinajstić information content (AvgIpc) is 2.73. The summed E-state index contributed by atoms with van der Waals surface area (Å²) in [6.07, 6.45) is 0.623. The smallest absolute Gasteiger partial charge is 0.418 e. The van der Waals surface area contributed by atoms with Gasteiger partial charge in [0.05, 0.1) is 11.7 Å². The topological polar surface area (TPSA) is 136 Å². The van der Waals surface area contributed by atoms with Crippen molar-refractivity contribution in [1.82, 2.24) is 9.96 Å². The van der Waals surface area contributed by atoms with Crippen LogP contribution in [0.4, 0.5) is 10.5 Å². The Labute approximate surface area is 137 Å². The van der Waals surface area contributed by atoms with Gasteiger partial charge in [0.2, 0.25) is 5.91 Å². The van der Waals surface area contributed by atoms with E-state index >= 15 is 0 Å². The van der Waals surface area contributed by atoms with E-state index in [1.807, 2.05) is 0 Å². The molecule has 3 amide bonds. The van der Waals surface area contributed by atoms with Gasteiger partial charge in [-0.3, -0.25) is 9.35 Å². The predicted octanol–water partition coefficient (Wildman–Crippen LogP) is 0.334. The van der Waals surface area contributed by atoms with Gasteiger partial charge in [0, 0.05) is 6.54 Å². The van der Waals surface area contributed by atoms with E-state index in [2.05, 4.69) is 9.60 Å². The number of amides is 3.